The van der Waals surface area contributed by atoms with E-state index in [1.165, 1.54) is 6.07 Å². The van der Waals surface area contributed by atoms with E-state index in [9.17, 15) is 19.3 Å². The van der Waals surface area contributed by atoms with Crippen LogP contribution in [0.4, 0.5) is 10.1 Å². The first-order valence-corrected chi connectivity index (χ1v) is 5.96. The van der Waals surface area contributed by atoms with Crippen molar-refractivity contribution in [3.63, 3.8) is 0 Å². The van der Waals surface area contributed by atoms with E-state index in [0.29, 0.717) is 12.0 Å². The fraction of sp³-hybridized carbons (Fsp3) is 0.462. The summed E-state index contributed by atoms with van der Waals surface area (Å²) in [7, 11) is 0. The van der Waals surface area contributed by atoms with Crippen LogP contribution < -0.4 is 0 Å². The van der Waals surface area contributed by atoms with Crippen LogP contribution in [-0.4, -0.2) is 16.0 Å². The molecule has 5 nitrogen and oxygen atoms in total. The van der Waals surface area contributed by atoms with Crippen molar-refractivity contribution in [2.75, 3.05) is 0 Å². The molecule has 0 heterocycles. The van der Waals surface area contributed by atoms with Gasteiger partial charge in [0.05, 0.1) is 16.9 Å². The van der Waals surface area contributed by atoms with Crippen molar-refractivity contribution in [1.82, 2.24) is 0 Å². The quantitative estimate of drug-likeness (QED) is 0.635. The maximum absolute atomic E-state index is 13.3. The van der Waals surface area contributed by atoms with Crippen LogP contribution in [0.2, 0.25) is 0 Å². The Morgan fingerprint density at radius 2 is 2.05 bits per heavy atom. The Bertz CT molecular complexity index is 488. The van der Waals surface area contributed by atoms with Gasteiger partial charge in [-0.15, -0.1) is 0 Å². The van der Waals surface area contributed by atoms with Crippen LogP contribution in [-0.2, 0) is 11.2 Å². The normalized spacial score (nSPS) is 12.4. The van der Waals surface area contributed by atoms with Gasteiger partial charge in [0, 0.05) is 6.07 Å². The number of carboxylic acid groups (broad SMARTS) is 1. The fourth-order valence-electron chi connectivity index (χ4n) is 1.98. The van der Waals surface area contributed by atoms with E-state index in [2.05, 4.69) is 0 Å². The highest BCUT2D eigenvalue weighted by atomic mass is 19.1. The Balaban J connectivity index is 2.96. The van der Waals surface area contributed by atoms with E-state index in [4.69, 9.17) is 5.11 Å². The third kappa shape index (κ3) is 4.65. The van der Waals surface area contributed by atoms with Gasteiger partial charge in [-0.2, -0.15) is 0 Å². The predicted molar refractivity (Wildman–Crippen MR) is 67.3 cm³/mol. The number of carbonyl (C=O) groups is 1. The van der Waals surface area contributed by atoms with E-state index in [1.54, 1.807) is 0 Å². The minimum atomic E-state index is -0.972. The Morgan fingerprint density at radius 1 is 1.42 bits per heavy atom. The maximum Gasteiger partial charge on any atom is 0.306 e. The topological polar surface area (TPSA) is 80.4 Å². The molecule has 0 saturated heterocycles. The number of nitro benzene ring substituents is 1. The summed E-state index contributed by atoms with van der Waals surface area (Å²) in [6.45, 7) is 3.79. The monoisotopic (exact) mass is 269 g/mol. The molecule has 1 rings (SSSR count). The van der Waals surface area contributed by atoms with Gasteiger partial charge in [0.25, 0.3) is 5.69 Å². The van der Waals surface area contributed by atoms with E-state index < -0.39 is 22.6 Å². The number of nitro groups is 1. The lowest BCUT2D eigenvalue weighted by Gasteiger charge is -2.14. The number of rotatable bonds is 6. The van der Waals surface area contributed by atoms with Crippen molar-refractivity contribution in [3.05, 3.63) is 39.7 Å². The largest absolute Gasteiger partial charge is 0.481 e. The van der Waals surface area contributed by atoms with E-state index in [-0.39, 0.29) is 18.0 Å². The molecule has 104 valence electrons. The van der Waals surface area contributed by atoms with Gasteiger partial charge in [-0.3, -0.25) is 14.9 Å². The summed E-state index contributed by atoms with van der Waals surface area (Å²) in [4.78, 5) is 21.1. The highest BCUT2D eigenvalue weighted by Crippen LogP contribution is 2.22. The zero-order valence-corrected chi connectivity index (χ0v) is 10.8. The maximum atomic E-state index is 13.3. The number of aliphatic carboxylic acids is 1. The van der Waals surface area contributed by atoms with Gasteiger partial charge >= 0.3 is 5.97 Å². The molecule has 1 unspecified atom stereocenters. The van der Waals surface area contributed by atoms with E-state index >= 15 is 0 Å². The van der Waals surface area contributed by atoms with Crippen molar-refractivity contribution in [1.29, 1.82) is 0 Å². The number of carboxylic acids is 1. The highest BCUT2D eigenvalue weighted by Gasteiger charge is 2.21. The molecular formula is C13H16FNO4. The smallest absolute Gasteiger partial charge is 0.306 e. The van der Waals surface area contributed by atoms with Crippen LogP contribution in [0.1, 0.15) is 25.8 Å². The molecule has 0 aliphatic carbocycles. The molecule has 0 radical (unpaired) electrons. The molecule has 1 atom stereocenters. The summed E-state index contributed by atoms with van der Waals surface area (Å²) in [5, 5.41) is 19.7. The summed E-state index contributed by atoms with van der Waals surface area (Å²) >= 11 is 0. The first kappa shape index (κ1) is 15.1. The molecule has 6 heteroatoms. The second-order valence-corrected chi connectivity index (χ2v) is 4.94. The average Bonchev–Trinajstić information content (AvgIpc) is 2.26. The van der Waals surface area contributed by atoms with Gasteiger partial charge in [0.15, 0.2) is 0 Å². The number of nitrogens with zero attached hydrogens (tertiary/aromatic N) is 1. The van der Waals surface area contributed by atoms with E-state index in [1.807, 2.05) is 13.8 Å². The number of non-ortho nitro benzene ring substituents is 1. The minimum absolute atomic E-state index is 0.0894. The molecule has 0 amide bonds. The van der Waals surface area contributed by atoms with Crippen LogP contribution in [0.3, 0.4) is 0 Å². The number of hydrogen-bond acceptors (Lipinski definition) is 3. The van der Waals surface area contributed by atoms with Crippen molar-refractivity contribution < 1.29 is 19.2 Å². The van der Waals surface area contributed by atoms with Crippen LogP contribution in [0.15, 0.2) is 18.2 Å². The SMILES string of the molecule is CC(C)CC(Cc1cc(F)cc([N+](=O)[O-])c1)C(=O)O. The Kier molecular flexibility index (Phi) is 4.97. The number of hydrogen-bond donors (Lipinski definition) is 1. The molecule has 0 fully saturated rings. The van der Waals surface area contributed by atoms with Crippen LogP contribution in [0.5, 0.6) is 0 Å². The van der Waals surface area contributed by atoms with Gasteiger partial charge < -0.3 is 5.11 Å². The Labute approximate surface area is 110 Å². The summed E-state index contributed by atoms with van der Waals surface area (Å²) in [6.07, 6.45) is 0.533. The molecule has 1 N–H and O–H groups in total. The van der Waals surface area contributed by atoms with Crippen LogP contribution in [0, 0.1) is 27.8 Å². The summed E-state index contributed by atoms with van der Waals surface area (Å²) in [6, 6.07) is 3.18. The second-order valence-electron chi connectivity index (χ2n) is 4.94. The molecule has 1 aromatic carbocycles. The molecular weight excluding hydrogens is 253 g/mol. The predicted octanol–water partition coefficient (Wildman–Crippen LogP) is 3.02. The summed E-state index contributed by atoms with van der Waals surface area (Å²) in [5.41, 5.74) is -0.0246. The highest BCUT2D eigenvalue weighted by molar-refractivity contribution is 5.70. The molecule has 0 aromatic heterocycles. The molecule has 1 aromatic rings. The summed E-state index contributed by atoms with van der Waals surface area (Å²) < 4.78 is 13.3. The van der Waals surface area contributed by atoms with Gasteiger partial charge in [-0.25, -0.2) is 4.39 Å². The lowest BCUT2D eigenvalue weighted by molar-refractivity contribution is -0.385. The molecule has 0 bridgehead atoms. The lowest BCUT2D eigenvalue weighted by atomic mass is 9.91. The Hall–Kier alpha value is -1.98. The van der Waals surface area contributed by atoms with Crippen molar-refractivity contribution >= 4 is 11.7 Å². The lowest BCUT2D eigenvalue weighted by Crippen LogP contribution is -2.18. The average molecular weight is 269 g/mol. The zero-order valence-electron chi connectivity index (χ0n) is 10.8. The standard InChI is InChI=1S/C13H16FNO4/c1-8(2)3-10(13(16)17)4-9-5-11(14)7-12(6-9)15(18)19/h5-8,10H,3-4H2,1-2H3,(H,16,17). The molecule has 0 aliphatic rings. The minimum Gasteiger partial charge on any atom is -0.481 e. The van der Waals surface area contributed by atoms with Crippen LogP contribution in [0.25, 0.3) is 0 Å². The van der Waals surface area contributed by atoms with E-state index in [0.717, 1.165) is 12.1 Å². The molecule has 0 saturated carbocycles. The van der Waals surface area contributed by atoms with Crippen LogP contribution >= 0.6 is 0 Å². The van der Waals surface area contributed by atoms with Gasteiger partial charge in [-0.05, 0) is 30.4 Å². The zero-order chi connectivity index (χ0) is 14.6. The third-order valence-corrected chi connectivity index (χ3v) is 2.74. The van der Waals surface area contributed by atoms with Gasteiger partial charge in [0.2, 0.25) is 0 Å². The molecule has 19 heavy (non-hydrogen) atoms. The first-order valence-electron chi connectivity index (χ1n) is 5.96. The van der Waals surface area contributed by atoms with Crippen molar-refractivity contribution in [2.24, 2.45) is 11.8 Å². The van der Waals surface area contributed by atoms with Crippen molar-refractivity contribution in [2.45, 2.75) is 26.7 Å². The number of halogens is 1. The van der Waals surface area contributed by atoms with Gasteiger partial charge in [0.1, 0.15) is 5.82 Å². The van der Waals surface area contributed by atoms with Crippen molar-refractivity contribution in [3.8, 4) is 0 Å². The molecule has 0 spiro atoms. The van der Waals surface area contributed by atoms with Gasteiger partial charge in [-0.1, -0.05) is 13.8 Å². The Morgan fingerprint density at radius 3 is 2.53 bits per heavy atom. The number of benzene rings is 1. The molecule has 0 aliphatic heterocycles. The third-order valence-electron chi connectivity index (χ3n) is 2.74. The second kappa shape index (κ2) is 6.26. The first-order chi connectivity index (χ1) is 8.79. The summed E-state index contributed by atoms with van der Waals surface area (Å²) in [5.74, 6) is -2.18. The fourth-order valence-corrected chi connectivity index (χ4v) is 1.98.